The number of nitrogens with one attached hydrogen (secondary N) is 1. The summed E-state index contributed by atoms with van der Waals surface area (Å²) >= 11 is 0. The van der Waals surface area contributed by atoms with Crippen molar-refractivity contribution in [2.24, 2.45) is 0 Å². The molecule has 0 aliphatic heterocycles. The van der Waals surface area contributed by atoms with Crippen LogP contribution in [0.5, 0.6) is 0 Å². The van der Waals surface area contributed by atoms with Gasteiger partial charge < -0.3 is 5.32 Å². The number of aryl methyl sites for hydroxylation is 3. The predicted octanol–water partition coefficient (Wildman–Crippen LogP) is 2.51. The van der Waals surface area contributed by atoms with Gasteiger partial charge in [0.1, 0.15) is 5.82 Å². The number of carbonyl (C=O) groups excluding carboxylic acids is 1. The first-order valence-electron chi connectivity index (χ1n) is 8.44. The van der Waals surface area contributed by atoms with Gasteiger partial charge in [-0.1, -0.05) is 0 Å². The van der Waals surface area contributed by atoms with Crippen LogP contribution in [0.2, 0.25) is 0 Å². The first-order valence-corrected chi connectivity index (χ1v) is 9.88. The van der Waals surface area contributed by atoms with Crippen LogP contribution in [-0.2, 0) is 16.6 Å². The van der Waals surface area contributed by atoms with Crippen LogP contribution in [0, 0.1) is 26.6 Å². The second-order valence-corrected chi connectivity index (χ2v) is 8.28. The average Bonchev–Trinajstić information content (AvgIpc) is 3.16. The predicted molar refractivity (Wildman–Crippen MR) is 101 cm³/mol. The molecule has 0 radical (unpaired) electrons. The molecule has 0 spiro atoms. The Kier molecular flexibility index (Phi) is 5.28. The van der Waals surface area contributed by atoms with E-state index in [-0.39, 0.29) is 28.1 Å². The fraction of sp³-hybridized carbons (Fsp3) is 0.211. The maximum Gasteiger partial charge on any atom is 0.267 e. The fourth-order valence-electron chi connectivity index (χ4n) is 2.62. The Bertz CT molecular complexity index is 1120. The Morgan fingerprint density at radius 2 is 1.82 bits per heavy atom. The highest BCUT2D eigenvalue weighted by atomic mass is 32.2. The van der Waals surface area contributed by atoms with Gasteiger partial charge in [0.25, 0.3) is 15.9 Å². The molecule has 1 aromatic carbocycles. The summed E-state index contributed by atoms with van der Waals surface area (Å²) in [5.74, 6) is -0.881. The highest BCUT2D eigenvalue weighted by Crippen LogP contribution is 2.21. The maximum atomic E-state index is 13.8. The quantitative estimate of drug-likeness (QED) is 0.708. The van der Waals surface area contributed by atoms with Gasteiger partial charge in [0.05, 0.1) is 34.6 Å². The minimum absolute atomic E-state index is 0.0404. The molecular formula is C19H19FN4O3S. The zero-order valence-electron chi connectivity index (χ0n) is 15.6. The third kappa shape index (κ3) is 3.94. The lowest BCUT2D eigenvalue weighted by atomic mass is 10.1. The van der Waals surface area contributed by atoms with E-state index in [1.807, 2.05) is 6.92 Å². The molecule has 146 valence electrons. The fourth-order valence-corrected chi connectivity index (χ4v) is 3.99. The van der Waals surface area contributed by atoms with Crippen molar-refractivity contribution in [3.05, 3.63) is 76.9 Å². The van der Waals surface area contributed by atoms with Crippen molar-refractivity contribution >= 4 is 15.9 Å². The molecule has 0 saturated carbocycles. The van der Waals surface area contributed by atoms with Crippen molar-refractivity contribution in [2.45, 2.75) is 32.2 Å². The highest BCUT2D eigenvalue weighted by Gasteiger charge is 2.20. The van der Waals surface area contributed by atoms with Crippen molar-refractivity contribution in [3.63, 3.8) is 0 Å². The maximum absolute atomic E-state index is 13.8. The van der Waals surface area contributed by atoms with E-state index in [2.05, 4.69) is 15.3 Å². The zero-order valence-corrected chi connectivity index (χ0v) is 16.4. The molecule has 0 unspecified atom stereocenters. The van der Waals surface area contributed by atoms with E-state index in [4.69, 9.17) is 0 Å². The van der Waals surface area contributed by atoms with Crippen LogP contribution >= 0.6 is 0 Å². The number of carbonyl (C=O) groups is 1. The molecule has 3 aromatic rings. The average molecular weight is 402 g/mol. The lowest BCUT2D eigenvalue weighted by molar-refractivity contribution is 0.0950. The molecular weight excluding hydrogens is 383 g/mol. The Balaban J connectivity index is 1.79. The smallest absolute Gasteiger partial charge is 0.267 e. The SMILES string of the molecule is Cc1cnc(CNC(=O)c2ccn(S(=O)(=O)c3cc(C)c(F)c(C)c3)c2)cn1. The van der Waals surface area contributed by atoms with Gasteiger partial charge in [0.15, 0.2) is 0 Å². The number of nitrogens with zero attached hydrogens (tertiary/aromatic N) is 3. The van der Waals surface area contributed by atoms with Gasteiger partial charge in [-0.3, -0.25) is 14.8 Å². The summed E-state index contributed by atoms with van der Waals surface area (Å²) in [5.41, 5.74) is 2.01. The normalized spacial score (nSPS) is 11.4. The van der Waals surface area contributed by atoms with E-state index in [0.29, 0.717) is 5.69 Å². The van der Waals surface area contributed by atoms with Gasteiger partial charge >= 0.3 is 0 Å². The Hall–Kier alpha value is -3.07. The Morgan fingerprint density at radius 3 is 2.43 bits per heavy atom. The van der Waals surface area contributed by atoms with Gasteiger partial charge in [-0.05, 0) is 50.1 Å². The van der Waals surface area contributed by atoms with E-state index in [9.17, 15) is 17.6 Å². The van der Waals surface area contributed by atoms with Crippen LogP contribution in [0.1, 0.15) is 32.9 Å². The standard InChI is InChI=1S/C19H19FN4O3S/c1-12-6-17(7-13(2)18(12)20)28(26,27)24-5-4-15(11-24)19(25)23-10-16-9-21-14(3)8-22-16/h4-9,11H,10H2,1-3H3,(H,23,25). The van der Waals surface area contributed by atoms with Crippen LogP contribution in [-0.4, -0.2) is 28.3 Å². The summed E-state index contributed by atoms with van der Waals surface area (Å²) < 4.78 is 40.3. The Labute approximate surface area is 162 Å². The van der Waals surface area contributed by atoms with Crippen molar-refractivity contribution < 1.29 is 17.6 Å². The minimum Gasteiger partial charge on any atom is -0.346 e. The molecule has 2 heterocycles. The molecule has 9 heteroatoms. The van der Waals surface area contributed by atoms with E-state index in [1.54, 1.807) is 12.4 Å². The van der Waals surface area contributed by atoms with E-state index < -0.39 is 21.7 Å². The molecule has 1 amide bonds. The molecule has 0 saturated heterocycles. The third-order valence-electron chi connectivity index (χ3n) is 4.18. The molecule has 0 aliphatic rings. The van der Waals surface area contributed by atoms with Gasteiger partial charge in [-0.25, -0.2) is 16.8 Å². The highest BCUT2D eigenvalue weighted by molar-refractivity contribution is 7.90. The molecule has 0 aliphatic carbocycles. The van der Waals surface area contributed by atoms with E-state index in [0.717, 1.165) is 9.67 Å². The summed E-state index contributed by atoms with van der Waals surface area (Å²) in [6.07, 6.45) is 5.66. The second kappa shape index (κ2) is 7.51. The first kappa shape index (κ1) is 19.7. The number of halogens is 1. The molecule has 0 atom stereocenters. The number of hydrogen-bond acceptors (Lipinski definition) is 5. The Morgan fingerprint density at radius 1 is 1.14 bits per heavy atom. The molecule has 1 N–H and O–H groups in total. The number of aromatic nitrogens is 3. The van der Waals surface area contributed by atoms with Gasteiger partial charge in [0, 0.05) is 18.6 Å². The van der Waals surface area contributed by atoms with Crippen molar-refractivity contribution in [1.82, 2.24) is 19.3 Å². The van der Waals surface area contributed by atoms with E-state index in [1.165, 1.54) is 44.4 Å². The third-order valence-corrected chi connectivity index (χ3v) is 5.79. The van der Waals surface area contributed by atoms with Gasteiger partial charge in [-0.15, -0.1) is 0 Å². The number of rotatable bonds is 5. The molecule has 3 rings (SSSR count). The van der Waals surface area contributed by atoms with Crippen LogP contribution in [0.3, 0.4) is 0 Å². The molecule has 7 nitrogen and oxygen atoms in total. The first-order chi connectivity index (χ1) is 13.2. The van der Waals surface area contributed by atoms with Crippen molar-refractivity contribution in [1.29, 1.82) is 0 Å². The zero-order chi connectivity index (χ0) is 20.5. The van der Waals surface area contributed by atoms with Gasteiger partial charge in [-0.2, -0.15) is 0 Å². The summed E-state index contributed by atoms with van der Waals surface area (Å²) in [7, 11) is -3.94. The number of amides is 1. The van der Waals surface area contributed by atoms with Crippen LogP contribution in [0.4, 0.5) is 4.39 Å². The monoisotopic (exact) mass is 402 g/mol. The molecule has 28 heavy (non-hydrogen) atoms. The largest absolute Gasteiger partial charge is 0.346 e. The molecule has 0 fully saturated rings. The lowest BCUT2D eigenvalue weighted by Gasteiger charge is -2.09. The lowest BCUT2D eigenvalue weighted by Crippen LogP contribution is -2.23. The summed E-state index contributed by atoms with van der Waals surface area (Å²) in [6, 6.07) is 3.94. The molecule has 2 aromatic heterocycles. The van der Waals surface area contributed by atoms with Crippen LogP contribution in [0.25, 0.3) is 0 Å². The topological polar surface area (TPSA) is 94.0 Å². The van der Waals surface area contributed by atoms with Crippen LogP contribution in [0.15, 0.2) is 47.9 Å². The molecule has 0 bridgehead atoms. The summed E-state index contributed by atoms with van der Waals surface area (Å²) in [6.45, 7) is 4.98. The number of benzene rings is 1. The van der Waals surface area contributed by atoms with Crippen molar-refractivity contribution in [3.8, 4) is 0 Å². The summed E-state index contributed by atoms with van der Waals surface area (Å²) in [5, 5.41) is 2.67. The van der Waals surface area contributed by atoms with Gasteiger partial charge in [0.2, 0.25) is 0 Å². The number of hydrogen-bond donors (Lipinski definition) is 1. The van der Waals surface area contributed by atoms with Crippen molar-refractivity contribution in [2.75, 3.05) is 0 Å². The summed E-state index contributed by atoms with van der Waals surface area (Å²) in [4.78, 5) is 20.5. The van der Waals surface area contributed by atoms with E-state index >= 15 is 0 Å². The second-order valence-electron chi connectivity index (χ2n) is 6.44. The minimum atomic E-state index is -3.94. The van der Waals surface area contributed by atoms with Crippen LogP contribution < -0.4 is 5.32 Å².